The van der Waals surface area contributed by atoms with Crippen LogP contribution in [0.4, 0.5) is 9.52 Å². The molecular weight excluding hydrogens is 293 g/mol. The summed E-state index contributed by atoms with van der Waals surface area (Å²) in [6, 6.07) is 4.73. The van der Waals surface area contributed by atoms with Crippen molar-refractivity contribution in [3.63, 3.8) is 0 Å². The van der Waals surface area contributed by atoms with E-state index in [1.807, 2.05) is 6.92 Å². The molecule has 0 saturated carbocycles. The predicted octanol–water partition coefficient (Wildman–Crippen LogP) is 3.61. The Morgan fingerprint density at radius 2 is 2.31 bits per heavy atom. The van der Waals surface area contributed by atoms with Gasteiger partial charge in [-0.05, 0) is 25.1 Å². The van der Waals surface area contributed by atoms with E-state index in [1.165, 1.54) is 17.4 Å². The van der Waals surface area contributed by atoms with E-state index < -0.39 is 0 Å². The number of hydrogen-bond acceptors (Lipinski definition) is 4. The Balaban J connectivity index is 2.20. The molecule has 2 aromatic rings. The van der Waals surface area contributed by atoms with Crippen LogP contribution in [0, 0.1) is 5.82 Å². The van der Waals surface area contributed by atoms with Crippen molar-refractivity contribution in [3.8, 4) is 0 Å². The highest BCUT2D eigenvalue weighted by atomic mass is 79.9. The molecule has 1 aromatic heterocycles. The van der Waals surface area contributed by atoms with Crippen LogP contribution in [0.15, 0.2) is 28.2 Å². The number of halogens is 2. The third-order valence-corrected chi connectivity index (χ3v) is 3.24. The number of hydrogen-bond donors (Lipinski definition) is 1. The van der Waals surface area contributed by atoms with E-state index in [1.54, 1.807) is 17.6 Å². The van der Waals surface area contributed by atoms with Crippen molar-refractivity contribution in [1.29, 1.82) is 0 Å². The van der Waals surface area contributed by atoms with Crippen LogP contribution in [-0.4, -0.2) is 10.2 Å². The molecule has 0 saturated heterocycles. The Bertz CT molecular complexity index is 475. The minimum Gasteiger partial charge on any atom is -0.353 e. The second kappa shape index (κ2) is 4.88. The third kappa shape index (κ3) is 2.56. The smallest absolute Gasteiger partial charge is 0.205 e. The van der Waals surface area contributed by atoms with E-state index in [2.05, 4.69) is 31.4 Å². The minimum absolute atomic E-state index is 0.148. The lowest BCUT2D eigenvalue weighted by molar-refractivity contribution is 0.599. The van der Waals surface area contributed by atoms with E-state index in [-0.39, 0.29) is 11.9 Å². The summed E-state index contributed by atoms with van der Waals surface area (Å²) in [6.07, 6.45) is 0. The predicted molar refractivity (Wildman–Crippen MR) is 66.0 cm³/mol. The standard InChI is InChI=1S/C10H9BrFN3S/c1-6(14-10-15-13-5-16-10)8-4-7(11)2-3-9(8)12/h2-6H,1H3,(H,14,15). The van der Waals surface area contributed by atoms with Crippen molar-refractivity contribution in [3.05, 3.63) is 39.6 Å². The molecule has 0 spiro atoms. The summed E-state index contributed by atoms with van der Waals surface area (Å²) in [7, 11) is 0. The van der Waals surface area contributed by atoms with Gasteiger partial charge in [-0.3, -0.25) is 0 Å². The molecular formula is C10H9BrFN3S. The summed E-state index contributed by atoms with van der Waals surface area (Å²) in [4.78, 5) is 0. The Hall–Kier alpha value is -1.01. The largest absolute Gasteiger partial charge is 0.353 e. The lowest BCUT2D eigenvalue weighted by Gasteiger charge is -2.14. The lowest BCUT2D eigenvalue weighted by atomic mass is 10.1. The van der Waals surface area contributed by atoms with Gasteiger partial charge in [0.1, 0.15) is 11.3 Å². The molecule has 1 atom stereocenters. The average molecular weight is 302 g/mol. The number of benzene rings is 1. The first kappa shape index (κ1) is 11.5. The number of aromatic nitrogens is 2. The quantitative estimate of drug-likeness (QED) is 0.941. The zero-order chi connectivity index (χ0) is 11.5. The van der Waals surface area contributed by atoms with Gasteiger partial charge in [0.05, 0.1) is 6.04 Å². The Morgan fingerprint density at radius 3 is 3.00 bits per heavy atom. The molecule has 6 heteroatoms. The average Bonchev–Trinajstić information content (AvgIpc) is 2.74. The number of rotatable bonds is 3. The van der Waals surface area contributed by atoms with Gasteiger partial charge in [-0.25, -0.2) is 4.39 Å². The van der Waals surface area contributed by atoms with Gasteiger partial charge in [0.15, 0.2) is 0 Å². The van der Waals surface area contributed by atoms with E-state index in [9.17, 15) is 4.39 Å². The zero-order valence-corrected chi connectivity index (χ0v) is 10.8. The molecule has 0 amide bonds. The first-order valence-corrected chi connectivity index (χ1v) is 6.31. The monoisotopic (exact) mass is 301 g/mol. The van der Waals surface area contributed by atoms with E-state index >= 15 is 0 Å². The van der Waals surface area contributed by atoms with Crippen LogP contribution in [0.25, 0.3) is 0 Å². The highest BCUT2D eigenvalue weighted by Crippen LogP contribution is 2.25. The fourth-order valence-electron chi connectivity index (χ4n) is 1.35. The highest BCUT2D eigenvalue weighted by molar-refractivity contribution is 9.10. The summed E-state index contributed by atoms with van der Waals surface area (Å²) in [5.41, 5.74) is 2.23. The Morgan fingerprint density at radius 1 is 1.50 bits per heavy atom. The second-order valence-electron chi connectivity index (χ2n) is 3.28. The molecule has 1 heterocycles. The van der Waals surface area contributed by atoms with Crippen LogP contribution in [-0.2, 0) is 0 Å². The van der Waals surface area contributed by atoms with Crippen molar-refractivity contribution in [2.24, 2.45) is 0 Å². The second-order valence-corrected chi connectivity index (χ2v) is 5.02. The summed E-state index contributed by atoms with van der Waals surface area (Å²) < 4.78 is 14.4. The van der Waals surface area contributed by atoms with Crippen LogP contribution in [0.5, 0.6) is 0 Å². The zero-order valence-electron chi connectivity index (χ0n) is 8.45. The first-order valence-electron chi connectivity index (χ1n) is 4.64. The van der Waals surface area contributed by atoms with Crippen LogP contribution < -0.4 is 5.32 Å². The van der Waals surface area contributed by atoms with Crippen molar-refractivity contribution >= 4 is 32.4 Å². The van der Waals surface area contributed by atoms with Gasteiger partial charge in [-0.2, -0.15) is 0 Å². The van der Waals surface area contributed by atoms with E-state index in [4.69, 9.17) is 0 Å². The van der Waals surface area contributed by atoms with E-state index in [0.29, 0.717) is 10.7 Å². The van der Waals surface area contributed by atoms with Crippen LogP contribution in [0.1, 0.15) is 18.5 Å². The molecule has 3 nitrogen and oxygen atoms in total. The number of anilines is 1. The van der Waals surface area contributed by atoms with Gasteiger partial charge >= 0.3 is 0 Å². The fraction of sp³-hybridized carbons (Fsp3) is 0.200. The third-order valence-electron chi connectivity index (χ3n) is 2.12. The fourth-order valence-corrected chi connectivity index (χ4v) is 2.26. The van der Waals surface area contributed by atoms with Gasteiger partial charge in [-0.15, -0.1) is 10.2 Å². The summed E-state index contributed by atoms with van der Waals surface area (Å²) in [5, 5.41) is 11.3. The van der Waals surface area contributed by atoms with Crippen molar-refractivity contribution in [2.45, 2.75) is 13.0 Å². The summed E-state index contributed by atoms with van der Waals surface area (Å²) in [5.74, 6) is -0.229. The SMILES string of the molecule is CC(Nc1nncs1)c1cc(Br)ccc1F. The summed E-state index contributed by atoms with van der Waals surface area (Å²) >= 11 is 4.71. The van der Waals surface area contributed by atoms with E-state index in [0.717, 1.165) is 4.47 Å². The molecule has 0 fully saturated rings. The molecule has 0 aliphatic carbocycles. The highest BCUT2D eigenvalue weighted by Gasteiger charge is 2.12. The van der Waals surface area contributed by atoms with Gasteiger partial charge in [0.25, 0.3) is 0 Å². The molecule has 0 aliphatic rings. The maximum Gasteiger partial charge on any atom is 0.205 e. The van der Waals surface area contributed by atoms with Crippen molar-refractivity contribution < 1.29 is 4.39 Å². The Labute approximate surface area is 105 Å². The van der Waals surface area contributed by atoms with Crippen molar-refractivity contribution in [1.82, 2.24) is 10.2 Å². The van der Waals surface area contributed by atoms with Gasteiger partial charge in [-0.1, -0.05) is 27.3 Å². The van der Waals surface area contributed by atoms with Crippen LogP contribution in [0.3, 0.4) is 0 Å². The minimum atomic E-state index is -0.229. The number of nitrogens with zero attached hydrogens (tertiary/aromatic N) is 2. The molecule has 0 radical (unpaired) electrons. The summed E-state index contributed by atoms with van der Waals surface area (Å²) in [6.45, 7) is 1.88. The molecule has 1 unspecified atom stereocenters. The maximum atomic E-state index is 13.6. The molecule has 84 valence electrons. The molecule has 0 bridgehead atoms. The normalized spacial score (nSPS) is 12.4. The molecule has 2 rings (SSSR count). The molecule has 16 heavy (non-hydrogen) atoms. The first-order chi connectivity index (χ1) is 7.66. The van der Waals surface area contributed by atoms with Crippen LogP contribution >= 0.6 is 27.3 Å². The molecule has 1 aromatic carbocycles. The van der Waals surface area contributed by atoms with Crippen molar-refractivity contribution in [2.75, 3.05) is 5.32 Å². The maximum absolute atomic E-state index is 13.6. The van der Waals surface area contributed by atoms with Gasteiger partial charge in [0, 0.05) is 10.0 Å². The topological polar surface area (TPSA) is 37.8 Å². The lowest BCUT2D eigenvalue weighted by Crippen LogP contribution is -2.08. The molecule has 1 N–H and O–H groups in total. The van der Waals surface area contributed by atoms with Crippen LogP contribution in [0.2, 0.25) is 0 Å². The molecule has 0 aliphatic heterocycles. The number of nitrogens with one attached hydrogen (secondary N) is 1. The Kier molecular flexibility index (Phi) is 3.50. The van der Waals surface area contributed by atoms with Gasteiger partial charge < -0.3 is 5.32 Å². The van der Waals surface area contributed by atoms with Gasteiger partial charge in [0.2, 0.25) is 5.13 Å².